The van der Waals surface area contributed by atoms with Crippen molar-refractivity contribution in [3.63, 3.8) is 0 Å². The summed E-state index contributed by atoms with van der Waals surface area (Å²) < 4.78 is 0. The molecule has 0 aliphatic carbocycles. The highest BCUT2D eigenvalue weighted by Crippen LogP contribution is 2.22. The van der Waals surface area contributed by atoms with E-state index in [1.165, 1.54) is 0 Å². The molecule has 0 saturated heterocycles. The molecule has 0 atom stereocenters. The third-order valence-corrected chi connectivity index (χ3v) is 3.13. The first kappa shape index (κ1) is 13.1. The first-order chi connectivity index (χ1) is 10.1. The Kier molecular flexibility index (Phi) is 3.23. The van der Waals surface area contributed by atoms with Gasteiger partial charge in [-0.15, -0.1) is 0 Å². The minimum absolute atomic E-state index is 0.219. The number of amides is 1. The molecule has 3 N–H and O–H groups in total. The SMILES string of the molecule is Cc1cc(C(=O)Nc2cccc3ncccc23)cc(N)n1. The average molecular weight is 278 g/mol. The second-order valence-electron chi connectivity index (χ2n) is 4.75. The Morgan fingerprint density at radius 3 is 2.86 bits per heavy atom. The van der Waals surface area contributed by atoms with E-state index in [9.17, 15) is 4.79 Å². The Hall–Kier alpha value is -2.95. The topological polar surface area (TPSA) is 80.9 Å². The van der Waals surface area contributed by atoms with Crippen LogP contribution in [0.2, 0.25) is 0 Å². The lowest BCUT2D eigenvalue weighted by Gasteiger charge is -2.09. The van der Waals surface area contributed by atoms with Crippen molar-refractivity contribution in [2.75, 3.05) is 11.1 Å². The molecule has 0 unspecified atom stereocenters. The molecule has 3 aromatic rings. The molecule has 5 heteroatoms. The average Bonchev–Trinajstić information content (AvgIpc) is 2.46. The van der Waals surface area contributed by atoms with Crippen LogP contribution in [0.5, 0.6) is 0 Å². The van der Waals surface area contributed by atoms with Gasteiger partial charge in [0.25, 0.3) is 5.91 Å². The zero-order chi connectivity index (χ0) is 14.8. The van der Waals surface area contributed by atoms with Gasteiger partial charge in [0.2, 0.25) is 0 Å². The highest BCUT2D eigenvalue weighted by atomic mass is 16.1. The van der Waals surface area contributed by atoms with Crippen LogP contribution < -0.4 is 11.1 Å². The molecular formula is C16H14N4O. The third kappa shape index (κ3) is 2.67. The normalized spacial score (nSPS) is 10.5. The molecule has 0 aliphatic heterocycles. The van der Waals surface area contributed by atoms with Crippen molar-refractivity contribution in [3.8, 4) is 0 Å². The van der Waals surface area contributed by atoms with Gasteiger partial charge in [0.1, 0.15) is 5.82 Å². The summed E-state index contributed by atoms with van der Waals surface area (Å²) in [6.45, 7) is 1.80. The van der Waals surface area contributed by atoms with Crippen LogP contribution >= 0.6 is 0 Å². The van der Waals surface area contributed by atoms with Crippen molar-refractivity contribution in [1.29, 1.82) is 0 Å². The second kappa shape index (κ2) is 5.20. The van der Waals surface area contributed by atoms with E-state index < -0.39 is 0 Å². The van der Waals surface area contributed by atoms with Gasteiger partial charge in [-0.05, 0) is 43.3 Å². The molecule has 0 fully saturated rings. The van der Waals surface area contributed by atoms with Crippen LogP contribution in [0.1, 0.15) is 16.1 Å². The molecule has 0 radical (unpaired) electrons. The molecule has 1 aromatic carbocycles. The second-order valence-corrected chi connectivity index (χ2v) is 4.75. The molecule has 2 aromatic heterocycles. The molecule has 1 amide bonds. The summed E-state index contributed by atoms with van der Waals surface area (Å²) in [6.07, 6.45) is 1.72. The number of hydrogen-bond acceptors (Lipinski definition) is 4. The van der Waals surface area contributed by atoms with Crippen molar-refractivity contribution in [3.05, 3.63) is 59.9 Å². The number of nitrogens with one attached hydrogen (secondary N) is 1. The predicted octanol–water partition coefficient (Wildman–Crippen LogP) is 2.77. The lowest BCUT2D eigenvalue weighted by molar-refractivity contribution is 0.102. The number of nitrogens with two attached hydrogens (primary N) is 1. The number of aromatic nitrogens is 2. The van der Waals surface area contributed by atoms with Gasteiger partial charge in [-0.1, -0.05) is 6.07 Å². The number of pyridine rings is 2. The number of carbonyl (C=O) groups excluding carboxylic acids is 1. The van der Waals surface area contributed by atoms with E-state index in [0.29, 0.717) is 17.1 Å². The maximum absolute atomic E-state index is 12.3. The largest absolute Gasteiger partial charge is 0.384 e. The van der Waals surface area contributed by atoms with Gasteiger partial charge in [-0.3, -0.25) is 9.78 Å². The first-order valence-corrected chi connectivity index (χ1v) is 6.53. The van der Waals surface area contributed by atoms with Crippen LogP contribution in [-0.4, -0.2) is 15.9 Å². The van der Waals surface area contributed by atoms with E-state index in [2.05, 4.69) is 15.3 Å². The van der Waals surface area contributed by atoms with Crippen molar-refractivity contribution >= 4 is 28.3 Å². The van der Waals surface area contributed by atoms with Gasteiger partial charge < -0.3 is 11.1 Å². The highest BCUT2D eigenvalue weighted by molar-refractivity contribution is 6.08. The number of anilines is 2. The molecule has 5 nitrogen and oxygen atoms in total. The number of carbonyl (C=O) groups is 1. The highest BCUT2D eigenvalue weighted by Gasteiger charge is 2.10. The fourth-order valence-corrected chi connectivity index (χ4v) is 2.23. The summed E-state index contributed by atoms with van der Waals surface area (Å²) in [6, 6.07) is 12.6. The minimum atomic E-state index is -0.219. The lowest BCUT2D eigenvalue weighted by atomic mass is 10.1. The number of nitrogen functional groups attached to an aromatic ring is 1. The van der Waals surface area contributed by atoms with Crippen LogP contribution in [0, 0.1) is 6.92 Å². The molecule has 0 spiro atoms. The molecular weight excluding hydrogens is 264 g/mol. The monoisotopic (exact) mass is 278 g/mol. The Balaban J connectivity index is 1.96. The maximum Gasteiger partial charge on any atom is 0.255 e. The zero-order valence-corrected chi connectivity index (χ0v) is 11.5. The quantitative estimate of drug-likeness (QED) is 0.755. The number of rotatable bonds is 2. The van der Waals surface area contributed by atoms with Gasteiger partial charge in [-0.25, -0.2) is 4.98 Å². The van der Waals surface area contributed by atoms with Gasteiger partial charge in [0, 0.05) is 22.8 Å². The number of aryl methyl sites for hydroxylation is 1. The third-order valence-electron chi connectivity index (χ3n) is 3.13. The summed E-state index contributed by atoms with van der Waals surface area (Å²) in [5, 5.41) is 3.79. The van der Waals surface area contributed by atoms with Crippen LogP contribution in [0.25, 0.3) is 10.9 Å². The summed E-state index contributed by atoms with van der Waals surface area (Å²) in [5.41, 5.74) is 8.43. The van der Waals surface area contributed by atoms with Crippen LogP contribution in [0.4, 0.5) is 11.5 Å². The van der Waals surface area contributed by atoms with E-state index in [1.54, 1.807) is 25.3 Å². The van der Waals surface area contributed by atoms with Crippen LogP contribution in [0.15, 0.2) is 48.7 Å². The molecule has 0 saturated carbocycles. The first-order valence-electron chi connectivity index (χ1n) is 6.53. The fourth-order valence-electron chi connectivity index (χ4n) is 2.23. The van der Waals surface area contributed by atoms with Crippen molar-refractivity contribution in [2.24, 2.45) is 0 Å². The zero-order valence-electron chi connectivity index (χ0n) is 11.5. The van der Waals surface area contributed by atoms with Gasteiger partial charge in [0.05, 0.1) is 11.2 Å². The van der Waals surface area contributed by atoms with Gasteiger partial charge >= 0.3 is 0 Å². The maximum atomic E-state index is 12.3. The number of benzene rings is 1. The van der Waals surface area contributed by atoms with E-state index in [0.717, 1.165) is 16.6 Å². The standard InChI is InChI=1S/C16H14N4O/c1-10-8-11(9-15(17)19-10)16(21)20-14-6-2-5-13-12(14)4-3-7-18-13/h2-9H,1H3,(H2,17,19)(H,20,21). The Morgan fingerprint density at radius 2 is 2.05 bits per heavy atom. The summed E-state index contributed by atoms with van der Waals surface area (Å²) in [7, 11) is 0. The van der Waals surface area contributed by atoms with E-state index in [-0.39, 0.29) is 5.91 Å². The summed E-state index contributed by atoms with van der Waals surface area (Å²) in [4.78, 5) is 20.7. The summed E-state index contributed by atoms with van der Waals surface area (Å²) in [5.74, 6) is 0.114. The van der Waals surface area contributed by atoms with Gasteiger partial charge in [-0.2, -0.15) is 0 Å². The number of fused-ring (bicyclic) bond motifs is 1. The molecule has 21 heavy (non-hydrogen) atoms. The van der Waals surface area contributed by atoms with Gasteiger partial charge in [0.15, 0.2) is 0 Å². The predicted molar refractivity (Wildman–Crippen MR) is 83.1 cm³/mol. The van der Waals surface area contributed by atoms with Crippen molar-refractivity contribution in [2.45, 2.75) is 6.92 Å². The minimum Gasteiger partial charge on any atom is -0.384 e. The smallest absolute Gasteiger partial charge is 0.255 e. The van der Waals surface area contributed by atoms with E-state index in [4.69, 9.17) is 5.73 Å². The van der Waals surface area contributed by atoms with Crippen LogP contribution in [-0.2, 0) is 0 Å². The Labute approximate surface area is 121 Å². The molecule has 0 aliphatic rings. The molecule has 3 rings (SSSR count). The van der Waals surface area contributed by atoms with Crippen LogP contribution in [0.3, 0.4) is 0 Å². The Morgan fingerprint density at radius 1 is 1.19 bits per heavy atom. The molecule has 104 valence electrons. The number of nitrogens with zero attached hydrogens (tertiary/aromatic N) is 2. The fraction of sp³-hybridized carbons (Fsp3) is 0.0625. The summed E-state index contributed by atoms with van der Waals surface area (Å²) >= 11 is 0. The van der Waals surface area contributed by atoms with Crippen molar-refractivity contribution in [1.82, 2.24) is 9.97 Å². The number of hydrogen-bond donors (Lipinski definition) is 2. The van der Waals surface area contributed by atoms with E-state index in [1.807, 2.05) is 30.3 Å². The Bertz CT molecular complexity index is 804. The van der Waals surface area contributed by atoms with Crippen molar-refractivity contribution < 1.29 is 4.79 Å². The molecule has 2 heterocycles. The lowest BCUT2D eigenvalue weighted by Crippen LogP contribution is -2.13. The van der Waals surface area contributed by atoms with E-state index >= 15 is 0 Å². The molecule has 0 bridgehead atoms.